The average molecular weight is 347 g/mol. The molecular formula is C17H21N3O5. The Morgan fingerprint density at radius 1 is 1.16 bits per heavy atom. The minimum absolute atomic E-state index is 0.129. The van der Waals surface area contributed by atoms with E-state index in [4.69, 9.17) is 19.6 Å². The number of hydrogen-bond acceptors (Lipinski definition) is 6. The Morgan fingerprint density at radius 3 is 2.48 bits per heavy atom. The number of furan rings is 1. The van der Waals surface area contributed by atoms with Gasteiger partial charge in [-0.1, -0.05) is 0 Å². The van der Waals surface area contributed by atoms with E-state index in [1.54, 1.807) is 6.07 Å². The van der Waals surface area contributed by atoms with E-state index in [1.165, 1.54) is 38.7 Å². The van der Waals surface area contributed by atoms with Crippen molar-refractivity contribution in [1.29, 1.82) is 0 Å². The first kappa shape index (κ1) is 18.3. The average Bonchev–Trinajstić information content (AvgIpc) is 3.16. The molecule has 0 aliphatic carbocycles. The molecule has 0 fully saturated rings. The summed E-state index contributed by atoms with van der Waals surface area (Å²) in [5.41, 5.74) is 5.96. The maximum atomic E-state index is 12.5. The predicted molar refractivity (Wildman–Crippen MR) is 92.2 cm³/mol. The van der Waals surface area contributed by atoms with Gasteiger partial charge in [0.1, 0.15) is 0 Å². The summed E-state index contributed by atoms with van der Waals surface area (Å²) in [7, 11) is 2.94. The van der Waals surface area contributed by atoms with Crippen molar-refractivity contribution in [3.05, 3.63) is 41.9 Å². The van der Waals surface area contributed by atoms with Crippen LogP contribution in [0.4, 0.5) is 5.69 Å². The first-order valence-electron chi connectivity index (χ1n) is 7.69. The lowest BCUT2D eigenvalue weighted by atomic mass is 10.1. The summed E-state index contributed by atoms with van der Waals surface area (Å²) in [6, 6.07) is 6.16. The molecule has 1 aromatic carbocycles. The predicted octanol–water partition coefficient (Wildman–Crippen LogP) is 1.63. The molecule has 0 radical (unpaired) electrons. The molecule has 0 spiro atoms. The van der Waals surface area contributed by atoms with Crippen LogP contribution in [-0.2, 0) is 0 Å². The molecule has 2 amide bonds. The number of benzene rings is 1. The summed E-state index contributed by atoms with van der Waals surface area (Å²) in [6.45, 7) is 0.892. The lowest BCUT2D eigenvalue weighted by Gasteiger charge is -2.15. The number of nitrogens with one attached hydrogen (secondary N) is 2. The summed E-state index contributed by atoms with van der Waals surface area (Å²) in [5, 5.41) is 5.40. The summed E-state index contributed by atoms with van der Waals surface area (Å²) < 4.78 is 15.5. The second-order valence-electron chi connectivity index (χ2n) is 5.08. The molecule has 8 heteroatoms. The Kier molecular flexibility index (Phi) is 6.41. The zero-order chi connectivity index (χ0) is 18.2. The number of nitrogens with two attached hydrogens (primary N) is 1. The van der Waals surface area contributed by atoms with Crippen LogP contribution in [0, 0.1) is 0 Å². The summed E-state index contributed by atoms with van der Waals surface area (Å²) in [4.78, 5) is 24.7. The van der Waals surface area contributed by atoms with E-state index in [1.807, 2.05) is 0 Å². The highest BCUT2D eigenvalue weighted by molar-refractivity contribution is 6.08. The number of rotatable bonds is 8. The third-order valence-corrected chi connectivity index (χ3v) is 3.43. The summed E-state index contributed by atoms with van der Waals surface area (Å²) in [6.07, 6.45) is 2.04. The SMILES string of the molecule is COc1cc(NC(=O)c2ccco2)c(C(=O)NCCCN)cc1OC. The zero-order valence-corrected chi connectivity index (χ0v) is 14.1. The largest absolute Gasteiger partial charge is 0.493 e. The van der Waals surface area contributed by atoms with Gasteiger partial charge in [-0.25, -0.2) is 0 Å². The Labute approximate surface area is 145 Å². The molecular weight excluding hydrogens is 326 g/mol. The van der Waals surface area contributed by atoms with Gasteiger partial charge in [-0.05, 0) is 31.2 Å². The van der Waals surface area contributed by atoms with E-state index in [2.05, 4.69) is 10.6 Å². The summed E-state index contributed by atoms with van der Waals surface area (Å²) in [5.74, 6) is 0.0554. The van der Waals surface area contributed by atoms with Gasteiger partial charge in [0, 0.05) is 12.6 Å². The molecule has 4 N–H and O–H groups in total. The second-order valence-corrected chi connectivity index (χ2v) is 5.08. The van der Waals surface area contributed by atoms with E-state index in [-0.39, 0.29) is 22.9 Å². The van der Waals surface area contributed by atoms with Crippen molar-refractivity contribution in [3.63, 3.8) is 0 Å². The van der Waals surface area contributed by atoms with Crippen LogP contribution in [0.15, 0.2) is 34.9 Å². The normalized spacial score (nSPS) is 10.2. The van der Waals surface area contributed by atoms with Gasteiger partial charge < -0.3 is 30.3 Å². The fourth-order valence-electron chi connectivity index (χ4n) is 2.16. The van der Waals surface area contributed by atoms with Crippen LogP contribution in [0.5, 0.6) is 11.5 Å². The molecule has 0 bridgehead atoms. The second kappa shape index (κ2) is 8.74. The van der Waals surface area contributed by atoms with Gasteiger partial charge in [0.15, 0.2) is 17.3 Å². The van der Waals surface area contributed by atoms with E-state index < -0.39 is 5.91 Å². The van der Waals surface area contributed by atoms with Gasteiger partial charge in [0.25, 0.3) is 11.8 Å². The molecule has 0 saturated carbocycles. The number of methoxy groups -OCH3 is 2. The highest BCUT2D eigenvalue weighted by atomic mass is 16.5. The smallest absolute Gasteiger partial charge is 0.291 e. The van der Waals surface area contributed by atoms with Crippen molar-refractivity contribution in [3.8, 4) is 11.5 Å². The quantitative estimate of drug-likeness (QED) is 0.625. The van der Waals surface area contributed by atoms with Crippen LogP contribution in [0.3, 0.4) is 0 Å². The van der Waals surface area contributed by atoms with Gasteiger partial charge >= 0.3 is 0 Å². The van der Waals surface area contributed by atoms with Crippen molar-refractivity contribution in [2.24, 2.45) is 5.73 Å². The van der Waals surface area contributed by atoms with Gasteiger partial charge in [-0.3, -0.25) is 9.59 Å². The monoisotopic (exact) mass is 347 g/mol. The molecule has 1 heterocycles. The Hall–Kier alpha value is -3.00. The Bertz CT molecular complexity index is 728. The van der Waals surface area contributed by atoms with Crippen LogP contribution >= 0.6 is 0 Å². The van der Waals surface area contributed by atoms with Crippen molar-refractivity contribution in [1.82, 2.24) is 5.32 Å². The summed E-state index contributed by atoms with van der Waals surface area (Å²) >= 11 is 0. The third kappa shape index (κ3) is 4.51. The van der Waals surface area contributed by atoms with Crippen LogP contribution in [0.25, 0.3) is 0 Å². The molecule has 25 heavy (non-hydrogen) atoms. The van der Waals surface area contributed by atoms with Gasteiger partial charge in [0.2, 0.25) is 0 Å². The molecule has 0 atom stereocenters. The molecule has 134 valence electrons. The van der Waals surface area contributed by atoms with Crippen LogP contribution < -0.4 is 25.8 Å². The first-order valence-corrected chi connectivity index (χ1v) is 7.69. The van der Waals surface area contributed by atoms with E-state index in [0.29, 0.717) is 31.0 Å². The van der Waals surface area contributed by atoms with Crippen LogP contribution in [0.2, 0.25) is 0 Å². The lowest BCUT2D eigenvalue weighted by molar-refractivity contribution is 0.0954. The molecule has 2 rings (SSSR count). The molecule has 0 saturated heterocycles. The molecule has 8 nitrogen and oxygen atoms in total. The minimum Gasteiger partial charge on any atom is -0.493 e. The number of carbonyl (C=O) groups is 2. The van der Waals surface area contributed by atoms with Crippen molar-refractivity contribution in [2.75, 3.05) is 32.6 Å². The highest BCUT2D eigenvalue weighted by Crippen LogP contribution is 2.33. The highest BCUT2D eigenvalue weighted by Gasteiger charge is 2.19. The van der Waals surface area contributed by atoms with Gasteiger partial charge in [0.05, 0.1) is 31.7 Å². The maximum Gasteiger partial charge on any atom is 0.291 e. The van der Waals surface area contributed by atoms with Crippen LogP contribution in [-0.4, -0.2) is 39.1 Å². The van der Waals surface area contributed by atoms with Crippen LogP contribution in [0.1, 0.15) is 27.3 Å². The van der Waals surface area contributed by atoms with E-state index in [0.717, 1.165) is 0 Å². The molecule has 0 aliphatic rings. The van der Waals surface area contributed by atoms with Gasteiger partial charge in [-0.2, -0.15) is 0 Å². The minimum atomic E-state index is -0.478. The first-order chi connectivity index (χ1) is 12.1. The zero-order valence-electron chi connectivity index (χ0n) is 14.1. The molecule has 0 unspecified atom stereocenters. The van der Waals surface area contributed by atoms with Crippen molar-refractivity contribution < 1.29 is 23.5 Å². The third-order valence-electron chi connectivity index (χ3n) is 3.43. The fourth-order valence-corrected chi connectivity index (χ4v) is 2.16. The molecule has 2 aromatic rings. The van der Waals surface area contributed by atoms with Crippen molar-refractivity contribution >= 4 is 17.5 Å². The van der Waals surface area contributed by atoms with Crippen molar-refractivity contribution in [2.45, 2.75) is 6.42 Å². The number of anilines is 1. The standard InChI is InChI=1S/C17H21N3O5/c1-23-14-9-11(16(21)19-7-4-6-18)12(10-15(14)24-2)20-17(22)13-5-3-8-25-13/h3,5,8-10H,4,6-7,18H2,1-2H3,(H,19,21)(H,20,22). The number of hydrogen-bond donors (Lipinski definition) is 3. The number of ether oxygens (including phenoxy) is 2. The number of amides is 2. The maximum absolute atomic E-state index is 12.5. The number of carbonyl (C=O) groups excluding carboxylic acids is 2. The fraction of sp³-hybridized carbons (Fsp3) is 0.294. The van der Waals surface area contributed by atoms with E-state index >= 15 is 0 Å². The van der Waals surface area contributed by atoms with Gasteiger partial charge in [-0.15, -0.1) is 0 Å². The lowest BCUT2D eigenvalue weighted by Crippen LogP contribution is -2.27. The Morgan fingerprint density at radius 2 is 1.88 bits per heavy atom. The molecule has 1 aromatic heterocycles. The van der Waals surface area contributed by atoms with E-state index in [9.17, 15) is 9.59 Å². The molecule has 0 aliphatic heterocycles. The topological polar surface area (TPSA) is 116 Å². The Balaban J connectivity index is 2.33.